The average Bonchev–Trinajstić information content (AvgIpc) is 2.99. The first kappa shape index (κ1) is 10.9. The summed E-state index contributed by atoms with van der Waals surface area (Å²) in [7, 11) is 0. The van der Waals surface area contributed by atoms with Gasteiger partial charge >= 0.3 is 0 Å². The molecule has 90 valence electrons. The van der Waals surface area contributed by atoms with Gasteiger partial charge in [-0.25, -0.2) is 4.68 Å². The smallest absolute Gasteiger partial charge is 0.169 e. The minimum atomic E-state index is 0.345. The van der Waals surface area contributed by atoms with Gasteiger partial charge in [0.1, 0.15) is 0 Å². The molecule has 0 saturated carbocycles. The van der Waals surface area contributed by atoms with E-state index in [0.29, 0.717) is 16.6 Å². The number of nitrogen functional groups attached to an aromatic ring is 1. The Balaban J connectivity index is 2.04. The highest BCUT2D eigenvalue weighted by Crippen LogP contribution is 2.28. The first-order chi connectivity index (χ1) is 8.74. The molecule has 0 aliphatic rings. The minimum absolute atomic E-state index is 0.345. The van der Waals surface area contributed by atoms with Crippen molar-refractivity contribution >= 4 is 17.4 Å². The summed E-state index contributed by atoms with van der Waals surface area (Å²) in [5, 5.41) is 8.34. The minimum Gasteiger partial charge on any atom is -0.381 e. The van der Waals surface area contributed by atoms with E-state index < -0.39 is 0 Å². The standard InChI is InChI=1S/C12H9ClN4O/c13-9-6-8(11-7-12(14)16-18-11)2-3-10(9)17-5-1-4-15-17/h1-7H,(H2,14,16). The second-order valence-electron chi connectivity index (χ2n) is 3.73. The Kier molecular flexibility index (Phi) is 2.53. The Bertz CT molecular complexity index is 675. The Hall–Kier alpha value is -2.27. The van der Waals surface area contributed by atoms with E-state index in [1.54, 1.807) is 23.0 Å². The normalized spacial score (nSPS) is 10.7. The molecule has 3 aromatic rings. The predicted octanol–water partition coefficient (Wildman–Crippen LogP) is 2.76. The van der Waals surface area contributed by atoms with Crippen LogP contribution in [0.15, 0.2) is 47.2 Å². The molecular formula is C12H9ClN4O. The first-order valence-corrected chi connectivity index (χ1v) is 5.64. The van der Waals surface area contributed by atoms with Gasteiger partial charge in [-0.1, -0.05) is 16.8 Å². The van der Waals surface area contributed by atoms with Crippen LogP contribution in [0.3, 0.4) is 0 Å². The highest BCUT2D eigenvalue weighted by molar-refractivity contribution is 6.32. The van der Waals surface area contributed by atoms with Crippen molar-refractivity contribution < 1.29 is 4.52 Å². The van der Waals surface area contributed by atoms with Crippen molar-refractivity contribution in [2.24, 2.45) is 0 Å². The van der Waals surface area contributed by atoms with Gasteiger partial charge in [-0.2, -0.15) is 5.10 Å². The fourth-order valence-electron chi connectivity index (χ4n) is 1.68. The molecule has 2 N–H and O–H groups in total. The number of rotatable bonds is 2. The van der Waals surface area contributed by atoms with Crippen molar-refractivity contribution in [3.63, 3.8) is 0 Å². The number of nitrogens with zero attached hydrogens (tertiary/aromatic N) is 3. The SMILES string of the molecule is Nc1cc(-c2ccc(-n3cccn3)c(Cl)c2)on1. The number of aromatic nitrogens is 3. The first-order valence-electron chi connectivity index (χ1n) is 5.26. The van der Waals surface area contributed by atoms with Crippen LogP contribution in [0.4, 0.5) is 5.82 Å². The zero-order valence-electron chi connectivity index (χ0n) is 9.25. The topological polar surface area (TPSA) is 69.9 Å². The van der Waals surface area contributed by atoms with E-state index in [-0.39, 0.29) is 0 Å². The maximum atomic E-state index is 6.22. The van der Waals surface area contributed by atoms with E-state index in [9.17, 15) is 0 Å². The van der Waals surface area contributed by atoms with Crippen LogP contribution in [0.25, 0.3) is 17.0 Å². The summed E-state index contributed by atoms with van der Waals surface area (Å²) in [6.45, 7) is 0. The van der Waals surface area contributed by atoms with E-state index in [1.165, 1.54) is 0 Å². The Morgan fingerprint density at radius 2 is 2.17 bits per heavy atom. The van der Waals surface area contributed by atoms with Gasteiger partial charge in [-0.3, -0.25) is 0 Å². The summed E-state index contributed by atoms with van der Waals surface area (Å²) in [6, 6.07) is 9.02. The quantitative estimate of drug-likeness (QED) is 0.769. The lowest BCUT2D eigenvalue weighted by Crippen LogP contribution is -1.95. The largest absolute Gasteiger partial charge is 0.381 e. The van der Waals surface area contributed by atoms with Gasteiger partial charge in [0.15, 0.2) is 11.6 Å². The van der Waals surface area contributed by atoms with Gasteiger partial charge in [0.05, 0.1) is 10.7 Å². The lowest BCUT2D eigenvalue weighted by atomic mass is 10.1. The van der Waals surface area contributed by atoms with Crippen LogP contribution in [0, 0.1) is 0 Å². The molecule has 0 aliphatic carbocycles. The van der Waals surface area contributed by atoms with Crippen LogP contribution in [0.5, 0.6) is 0 Å². The highest BCUT2D eigenvalue weighted by atomic mass is 35.5. The molecule has 2 aromatic heterocycles. The van der Waals surface area contributed by atoms with E-state index in [1.807, 2.05) is 24.4 Å². The Morgan fingerprint density at radius 3 is 2.78 bits per heavy atom. The van der Waals surface area contributed by atoms with Crippen molar-refractivity contribution in [1.82, 2.24) is 14.9 Å². The molecule has 18 heavy (non-hydrogen) atoms. The Labute approximate surface area is 108 Å². The zero-order valence-corrected chi connectivity index (χ0v) is 10.0. The van der Waals surface area contributed by atoms with E-state index >= 15 is 0 Å². The molecule has 0 radical (unpaired) electrons. The Morgan fingerprint density at radius 1 is 1.28 bits per heavy atom. The lowest BCUT2D eigenvalue weighted by molar-refractivity contribution is 0.436. The molecule has 0 spiro atoms. The molecule has 0 unspecified atom stereocenters. The van der Waals surface area contributed by atoms with Gasteiger partial charge in [0.25, 0.3) is 0 Å². The molecule has 0 aliphatic heterocycles. The van der Waals surface area contributed by atoms with Crippen molar-refractivity contribution in [2.75, 3.05) is 5.73 Å². The summed E-state index contributed by atoms with van der Waals surface area (Å²) in [6.07, 6.45) is 3.52. The number of benzene rings is 1. The van der Waals surface area contributed by atoms with Crippen molar-refractivity contribution in [1.29, 1.82) is 0 Å². The van der Waals surface area contributed by atoms with Crippen LogP contribution in [0.1, 0.15) is 0 Å². The second kappa shape index (κ2) is 4.19. The second-order valence-corrected chi connectivity index (χ2v) is 4.14. The summed E-state index contributed by atoms with van der Waals surface area (Å²) >= 11 is 6.22. The third kappa shape index (κ3) is 1.84. The van der Waals surface area contributed by atoms with Crippen LogP contribution in [-0.4, -0.2) is 14.9 Å². The van der Waals surface area contributed by atoms with Crippen molar-refractivity contribution in [2.45, 2.75) is 0 Å². The van der Waals surface area contributed by atoms with Crippen molar-refractivity contribution in [3.8, 4) is 17.0 Å². The molecule has 6 heteroatoms. The summed E-state index contributed by atoms with van der Waals surface area (Å²) in [4.78, 5) is 0. The van der Waals surface area contributed by atoms with Crippen molar-refractivity contribution in [3.05, 3.63) is 47.7 Å². The number of anilines is 1. The summed E-state index contributed by atoms with van der Waals surface area (Å²) in [5.74, 6) is 0.929. The summed E-state index contributed by atoms with van der Waals surface area (Å²) in [5.41, 5.74) is 7.13. The van der Waals surface area contributed by atoms with E-state index in [2.05, 4.69) is 10.3 Å². The average molecular weight is 261 g/mol. The zero-order chi connectivity index (χ0) is 12.5. The maximum absolute atomic E-state index is 6.22. The van der Waals surface area contributed by atoms with E-state index in [0.717, 1.165) is 11.3 Å². The number of halogens is 1. The molecule has 0 saturated heterocycles. The highest BCUT2D eigenvalue weighted by Gasteiger charge is 2.09. The van der Waals surface area contributed by atoms with Gasteiger partial charge in [0.2, 0.25) is 0 Å². The molecule has 0 atom stereocenters. The van der Waals surface area contributed by atoms with Gasteiger partial charge < -0.3 is 10.3 Å². The fourth-order valence-corrected chi connectivity index (χ4v) is 1.95. The third-order valence-electron chi connectivity index (χ3n) is 2.51. The van der Waals surface area contributed by atoms with Crippen LogP contribution in [-0.2, 0) is 0 Å². The molecule has 2 heterocycles. The monoisotopic (exact) mass is 260 g/mol. The molecule has 1 aromatic carbocycles. The number of hydrogen-bond acceptors (Lipinski definition) is 4. The van der Waals surface area contributed by atoms with Crippen LogP contribution >= 0.6 is 11.6 Å². The predicted molar refractivity (Wildman–Crippen MR) is 68.5 cm³/mol. The van der Waals surface area contributed by atoms with Crippen LogP contribution in [0.2, 0.25) is 5.02 Å². The summed E-state index contributed by atoms with van der Waals surface area (Å²) < 4.78 is 6.78. The third-order valence-corrected chi connectivity index (χ3v) is 2.81. The van der Waals surface area contributed by atoms with E-state index in [4.69, 9.17) is 21.9 Å². The molecule has 0 fully saturated rings. The fraction of sp³-hybridized carbons (Fsp3) is 0. The molecule has 3 rings (SSSR count). The number of nitrogens with two attached hydrogens (primary N) is 1. The molecule has 0 bridgehead atoms. The van der Waals surface area contributed by atoms with Gasteiger partial charge in [-0.05, 0) is 24.3 Å². The van der Waals surface area contributed by atoms with Crippen LogP contribution < -0.4 is 5.73 Å². The molecule has 0 amide bonds. The van der Waals surface area contributed by atoms with Gasteiger partial charge in [0, 0.05) is 24.0 Å². The number of hydrogen-bond donors (Lipinski definition) is 1. The lowest BCUT2D eigenvalue weighted by Gasteiger charge is -2.05. The molecule has 5 nitrogen and oxygen atoms in total. The maximum Gasteiger partial charge on any atom is 0.169 e. The molecular weight excluding hydrogens is 252 g/mol. The van der Waals surface area contributed by atoms with Gasteiger partial charge in [-0.15, -0.1) is 0 Å².